The molecule has 1 aliphatic heterocycles. The van der Waals surface area contributed by atoms with Crippen molar-refractivity contribution >= 4 is 42.0 Å². The molecule has 1 saturated heterocycles. The number of hydrogen-bond acceptors (Lipinski definition) is 11. The summed E-state index contributed by atoms with van der Waals surface area (Å²) in [5.74, 6) is 5.17. The fraction of sp³-hybridized carbons (Fsp3) is 0.533. The highest BCUT2D eigenvalue weighted by atomic mass is 32.1. The predicted octanol–water partition coefficient (Wildman–Crippen LogP) is -0.655. The average Bonchev–Trinajstić information content (AvgIpc) is 3.17. The number of hydrogen-bond donors (Lipinski definition) is 7. The molecule has 1 fully saturated rings. The van der Waals surface area contributed by atoms with Gasteiger partial charge in [0.05, 0.1) is 19.3 Å². The van der Waals surface area contributed by atoms with Gasteiger partial charge in [-0.25, -0.2) is 18.5 Å². The highest BCUT2D eigenvalue weighted by molar-refractivity contribution is 7.80. The Hall–Kier alpha value is -1.57. The molecule has 1 aromatic rings. The number of nitrogens with one attached hydrogen (secondary N) is 2. The Balaban J connectivity index is 2.00. The van der Waals surface area contributed by atoms with Crippen LogP contribution in [0.4, 0.5) is 0 Å². The second-order valence-corrected chi connectivity index (χ2v) is 11.8. The van der Waals surface area contributed by atoms with Crippen LogP contribution in [0, 0.1) is 11.8 Å². The summed E-state index contributed by atoms with van der Waals surface area (Å²) in [6.45, 7) is -0.731. The molecule has 0 radical (unpaired) electrons. The molecule has 2 unspecified atom stereocenters. The Morgan fingerprint density at radius 1 is 1.19 bits per heavy atom. The van der Waals surface area contributed by atoms with Crippen molar-refractivity contribution in [3.63, 3.8) is 0 Å². The molecule has 0 aromatic carbocycles. The van der Waals surface area contributed by atoms with Crippen LogP contribution in [0.15, 0.2) is 15.8 Å². The normalized spacial score (nSPS) is 21.1. The van der Waals surface area contributed by atoms with E-state index in [2.05, 4.69) is 47.9 Å². The van der Waals surface area contributed by atoms with Gasteiger partial charge >= 0.3 is 29.2 Å². The number of phosphoric ester groups is 1. The SMILES string of the molecule is O=C(CCS)NCC#Cc1cn([C@H]2CC[C@@H](COP(=O)(O)OP(=O)(O)OP(=O)(O)O)O2)c(=O)[nH]c1=O. The minimum absolute atomic E-state index is 0.0478. The van der Waals surface area contributed by atoms with Gasteiger partial charge in [0.25, 0.3) is 5.56 Å². The second-order valence-electron chi connectivity index (χ2n) is 6.94. The monoisotopic (exact) mass is 593 g/mol. The van der Waals surface area contributed by atoms with Crippen LogP contribution in [-0.2, 0) is 36.4 Å². The van der Waals surface area contributed by atoms with E-state index in [9.17, 15) is 33.0 Å². The molecule has 1 aromatic heterocycles. The van der Waals surface area contributed by atoms with Crippen molar-refractivity contribution < 1.29 is 55.9 Å². The maximum absolute atomic E-state index is 12.2. The van der Waals surface area contributed by atoms with Crippen LogP contribution in [0.2, 0.25) is 0 Å². The van der Waals surface area contributed by atoms with Crippen molar-refractivity contribution in [1.82, 2.24) is 14.9 Å². The minimum atomic E-state index is -5.66. The first-order chi connectivity index (χ1) is 16.6. The Morgan fingerprint density at radius 2 is 1.89 bits per heavy atom. The first-order valence-electron chi connectivity index (χ1n) is 9.76. The Morgan fingerprint density at radius 3 is 2.53 bits per heavy atom. The van der Waals surface area contributed by atoms with E-state index in [4.69, 9.17) is 19.4 Å². The van der Waals surface area contributed by atoms with Crippen molar-refractivity contribution in [2.45, 2.75) is 31.6 Å². The van der Waals surface area contributed by atoms with Crippen LogP contribution in [0.5, 0.6) is 0 Å². The topological polar surface area (TPSA) is 253 Å². The highest BCUT2D eigenvalue weighted by Gasteiger charge is 2.41. The van der Waals surface area contributed by atoms with Crippen molar-refractivity contribution in [2.24, 2.45) is 0 Å². The summed E-state index contributed by atoms with van der Waals surface area (Å²) < 4.78 is 52.1. The van der Waals surface area contributed by atoms with E-state index in [-0.39, 0.29) is 37.3 Å². The third kappa shape index (κ3) is 10.4. The number of amides is 1. The van der Waals surface area contributed by atoms with E-state index in [1.54, 1.807) is 0 Å². The molecule has 1 aliphatic rings. The lowest BCUT2D eigenvalue weighted by Gasteiger charge is -2.19. The number of aromatic amines is 1. The molecular weight excluding hydrogens is 571 g/mol. The number of carbonyl (C=O) groups is 1. The summed E-state index contributed by atoms with van der Waals surface area (Å²) in [5, 5.41) is 2.50. The zero-order valence-corrected chi connectivity index (χ0v) is 21.7. The van der Waals surface area contributed by atoms with E-state index in [0.717, 1.165) is 10.8 Å². The maximum atomic E-state index is 12.2. The van der Waals surface area contributed by atoms with Crippen molar-refractivity contribution in [3.05, 3.63) is 32.6 Å². The summed E-state index contributed by atoms with van der Waals surface area (Å²) >= 11 is 3.92. The van der Waals surface area contributed by atoms with E-state index in [0.29, 0.717) is 5.75 Å². The summed E-state index contributed by atoms with van der Waals surface area (Å²) in [6.07, 6.45) is -0.181. The van der Waals surface area contributed by atoms with Gasteiger partial charge in [-0.2, -0.15) is 21.3 Å². The first-order valence-corrected chi connectivity index (χ1v) is 14.9. The van der Waals surface area contributed by atoms with Crippen molar-refractivity contribution in [2.75, 3.05) is 18.9 Å². The Kier molecular flexibility index (Phi) is 10.9. The lowest BCUT2D eigenvalue weighted by molar-refractivity contribution is -0.120. The van der Waals surface area contributed by atoms with Gasteiger partial charge in [0.1, 0.15) is 11.8 Å². The van der Waals surface area contributed by atoms with Gasteiger partial charge in [-0.15, -0.1) is 0 Å². The highest BCUT2D eigenvalue weighted by Crippen LogP contribution is 2.66. The van der Waals surface area contributed by atoms with Gasteiger partial charge < -0.3 is 29.6 Å². The molecule has 2 heterocycles. The number of carbonyl (C=O) groups excluding carboxylic acids is 1. The smallest absolute Gasteiger partial charge is 0.352 e. The number of H-pyrrole nitrogens is 1. The van der Waals surface area contributed by atoms with Crippen LogP contribution in [0.3, 0.4) is 0 Å². The number of rotatable bonds is 11. The predicted molar refractivity (Wildman–Crippen MR) is 123 cm³/mol. The third-order valence-corrected chi connectivity index (χ3v) is 8.16. The molecule has 1 amide bonds. The third-order valence-electron chi connectivity index (χ3n) is 4.14. The van der Waals surface area contributed by atoms with Gasteiger partial charge in [0.15, 0.2) is 0 Å². The van der Waals surface area contributed by atoms with E-state index < -0.39 is 53.7 Å². The number of aromatic nitrogens is 2. The molecular formula is C15H22N3O14P3S. The molecule has 2 rings (SSSR count). The second kappa shape index (κ2) is 12.8. The van der Waals surface area contributed by atoms with Gasteiger partial charge in [0, 0.05) is 12.6 Å². The zero-order chi connectivity index (χ0) is 27.1. The quantitative estimate of drug-likeness (QED) is 0.0956. The summed E-state index contributed by atoms with van der Waals surface area (Å²) in [6, 6.07) is 0. The lowest BCUT2D eigenvalue weighted by atomic mass is 10.2. The minimum Gasteiger partial charge on any atom is -0.352 e. The average molecular weight is 593 g/mol. The van der Waals surface area contributed by atoms with Gasteiger partial charge in [-0.3, -0.25) is 23.7 Å². The first kappa shape index (κ1) is 30.7. The molecule has 6 N–H and O–H groups in total. The van der Waals surface area contributed by atoms with Crippen LogP contribution in [-0.4, -0.2) is 60.0 Å². The number of nitrogens with zero attached hydrogens (tertiary/aromatic N) is 1. The van der Waals surface area contributed by atoms with Crippen LogP contribution < -0.4 is 16.6 Å². The lowest BCUT2D eigenvalue weighted by Crippen LogP contribution is -2.33. The van der Waals surface area contributed by atoms with Gasteiger partial charge in [0.2, 0.25) is 5.91 Å². The van der Waals surface area contributed by atoms with Crippen molar-refractivity contribution in [1.29, 1.82) is 0 Å². The summed E-state index contributed by atoms with van der Waals surface area (Å²) in [4.78, 5) is 73.4. The molecule has 17 nitrogen and oxygen atoms in total. The largest absolute Gasteiger partial charge is 0.490 e. The molecule has 202 valence electrons. The molecule has 36 heavy (non-hydrogen) atoms. The summed E-state index contributed by atoms with van der Waals surface area (Å²) in [7, 11) is -16.5. The molecule has 0 saturated carbocycles. The zero-order valence-electron chi connectivity index (χ0n) is 18.1. The van der Waals surface area contributed by atoms with E-state index in [1.165, 1.54) is 0 Å². The van der Waals surface area contributed by atoms with Crippen LogP contribution in [0.25, 0.3) is 0 Å². The standard InChI is InChI=1S/C15H22N3O14P3S/c19-12(5-7-36)16-6-1-2-10-8-18(15(21)17-14(10)20)13-4-3-11(30-13)9-29-34(25,26)32-35(27,28)31-33(22,23)24/h8,11,13,36H,3-7,9H2,(H,16,19)(H,25,26)(H,27,28)(H,17,20,21)(H2,22,23,24)/t11-,13+/m0/s1. The van der Waals surface area contributed by atoms with E-state index in [1.807, 2.05) is 0 Å². The number of ether oxygens (including phenoxy) is 1. The maximum Gasteiger partial charge on any atom is 0.490 e. The molecule has 0 bridgehead atoms. The number of thiol groups is 1. The Bertz CT molecular complexity index is 1280. The van der Waals surface area contributed by atoms with Gasteiger partial charge in [-0.1, -0.05) is 11.8 Å². The van der Waals surface area contributed by atoms with Crippen molar-refractivity contribution in [3.8, 4) is 11.8 Å². The molecule has 0 spiro atoms. The number of phosphoric acid groups is 3. The fourth-order valence-electron chi connectivity index (χ4n) is 2.76. The Labute approximate surface area is 208 Å². The van der Waals surface area contributed by atoms with Crippen LogP contribution >= 0.6 is 36.1 Å². The van der Waals surface area contributed by atoms with Crippen LogP contribution in [0.1, 0.15) is 31.1 Å². The summed E-state index contributed by atoms with van der Waals surface area (Å²) in [5.41, 5.74) is -1.70. The van der Waals surface area contributed by atoms with Gasteiger partial charge in [-0.05, 0) is 18.6 Å². The molecule has 4 atom stereocenters. The molecule has 21 heteroatoms. The molecule has 0 aliphatic carbocycles. The van der Waals surface area contributed by atoms with E-state index >= 15 is 0 Å². The fourth-order valence-corrected chi connectivity index (χ4v) is 6.01.